The number of thiazole rings is 1. The van der Waals surface area contributed by atoms with E-state index in [0.29, 0.717) is 39.9 Å². The SMILES string of the molecule is CCOC(=O)c1ccc(NC(=O)Cn2c3c(sc2=O)C(c2ccc(OC)c(OC)c2)C2C4CC(C2S3)C2C(=O)N(c3ccc(F)cc3)C(=O)C42)cc1. The van der Waals surface area contributed by atoms with Crippen molar-refractivity contribution in [2.45, 2.75) is 36.1 Å². The Labute approximate surface area is 306 Å². The van der Waals surface area contributed by atoms with Crippen molar-refractivity contribution in [1.82, 2.24) is 4.57 Å². The molecule has 0 spiro atoms. The molecule has 1 aromatic heterocycles. The van der Waals surface area contributed by atoms with Crippen LogP contribution in [0, 0.1) is 35.4 Å². The van der Waals surface area contributed by atoms with E-state index in [9.17, 15) is 28.4 Å². The van der Waals surface area contributed by atoms with Gasteiger partial charge in [0.05, 0.1) is 48.9 Å². The van der Waals surface area contributed by atoms with Crippen molar-refractivity contribution in [3.05, 3.63) is 98.2 Å². The summed E-state index contributed by atoms with van der Waals surface area (Å²) in [5, 5.41) is 3.37. The molecule has 1 saturated heterocycles. The maximum atomic E-state index is 14.1. The maximum Gasteiger partial charge on any atom is 0.338 e. The van der Waals surface area contributed by atoms with E-state index in [1.807, 2.05) is 18.2 Å². The van der Waals surface area contributed by atoms with Crippen molar-refractivity contribution in [1.29, 1.82) is 0 Å². The first-order valence-corrected chi connectivity index (χ1v) is 18.7. The van der Waals surface area contributed by atoms with Crippen molar-refractivity contribution in [3.8, 4) is 11.5 Å². The molecule has 1 N–H and O–H groups in total. The molecule has 3 heterocycles. The average Bonchev–Trinajstić information content (AvgIpc) is 3.87. The van der Waals surface area contributed by atoms with Crippen LogP contribution in [0.25, 0.3) is 0 Å². The highest BCUT2D eigenvalue weighted by molar-refractivity contribution is 8.00. The molecule has 7 atom stereocenters. The number of hydrogen-bond donors (Lipinski definition) is 1. The van der Waals surface area contributed by atoms with Crippen LogP contribution in [-0.2, 0) is 25.7 Å². The highest BCUT2D eigenvalue weighted by atomic mass is 32.2. The quantitative estimate of drug-likeness (QED) is 0.173. The fraction of sp³-hybridized carbons (Fsp3) is 0.342. The van der Waals surface area contributed by atoms with E-state index in [4.69, 9.17) is 14.2 Å². The summed E-state index contributed by atoms with van der Waals surface area (Å²) >= 11 is 2.61. The number of imide groups is 1. The number of nitrogens with one attached hydrogen (secondary N) is 1. The number of aromatic nitrogens is 1. The van der Waals surface area contributed by atoms with Gasteiger partial charge in [0.15, 0.2) is 11.5 Å². The topological polar surface area (TPSA) is 133 Å². The molecule has 2 saturated carbocycles. The van der Waals surface area contributed by atoms with Gasteiger partial charge in [-0.25, -0.2) is 9.18 Å². The minimum absolute atomic E-state index is 0.0926. The predicted molar refractivity (Wildman–Crippen MR) is 192 cm³/mol. The number of methoxy groups -OCH3 is 2. The molecule has 14 heteroatoms. The highest BCUT2D eigenvalue weighted by Gasteiger charge is 2.70. The number of carbonyl (C=O) groups excluding carboxylic acids is 4. The third-order valence-electron chi connectivity index (χ3n) is 10.8. The van der Waals surface area contributed by atoms with Crippen LogP contribution in [0.15, 0.2) is 76.6 Å². The first-order chi connectivity index (χ1) is 25.1. The molecular weight excluding hydrogens is 710 g/mol. The number of nitrogens with zero attached hydrogens (tertiary/aromatic N) is 2. The largest absolute Gasteiger partial charge is 0.493 e. The molecular formula is C38H34FN3O8S2. The Morgan fingerprint density at radius 3 is 2.27 bits per heavy atom. The van der Waals surface area contributed by atoms with Gasteiger partial charge in [-0.2, -0.15) is 0 Å². The van der Waals surface area contributed by atoms with E-state index in [2.05, 4.69) is 5.32 Å². The number of ether oxygens (including phenoxy) is 3. The minimum atomic E-state index is -0.538. The van der Waals surface area contributed by atoms with Crippen molar-refractivity contribution >= 4 is 58.2 Å². The van der Waals surface area contributed by atoms with Gasteiger partial charge in [-0.05, 0) is 97.3 Å². The first-order valence-electron chi connectivity index (χ1n) is 17.0. The second-order valence-corrected chi connectivity index (χ2v) is 15.5. The summed E-state index contributed by atoms with van der Waals surface area (Å²) < 4.78 is 31.5. The summed E-state index contributed by atoms with van der Waals surface area (Å²) in [6.07, 6.45) is 0.678. The molecule has 7 unspecified atom stereocenters. The van der Waals surface area contributed by atoms with E-state index in [-0.39, 0.29) is 58.8 Å². The molecule has 0 radical (unpaired) electrons. The lowest BCUT2D eigenvalue weighted by Crippen LogP contribution is -2.43. The Morgan fingerprint density at radius 1 is 0.904 bits per heavy atom. The van der Waals surface area contributed by atoms with Gasteiger partial charge < -0.3 is 19.5 Å². The second kappa shape index (κ2) is 13.2. The Morgan fingerprint density at radius 2 is 1.60 bits per heavy atom. The summed E-state index contributed by atoms with van der Waals surface area (Å²) in [5.41, 5.74) is 2.05. The van der Waals surface area contributed by atoms with Crippen LogP contribution < -0.4 is 24.6 Å². The Bertz CT molecular complexity index is 2170. The van der Waals surface area contributed by atoms with Gasteiger partial charge in [0.25, 0.3) is 0 Å². The van der Waals surface area contributed by atoms with Crippen molar-refractivity contribution in [2.75, 3.05) is 31.0 Å². The summed E-state index contributed by atoms with van der Waals surface area (Å²) in [5.74, 6) is -2.61. The fourth-order valence-corrected chi connectivity index (χ4v) is 11.9. The lowest BCUT2D eigenvalue weighted by molar-refractivity contribution is -0.123. The number of halogens is 1. The Hall–Kier alpha value is -4.95. The van der Waals surface area contributed by atoms with Crippen LogP contribution >= 0.6 is 23.1 Å². The van der Waals surface area contributed by atoms with E-state index in [1.165, 1.54) is 45.5 Å². The monoisotopic (exact) mass is 743 g/mol. The van der Waals surface area contributed by atoms with Gasteiger partial charge in [-0.15, -0.1) is 11.8 Å². The van der Waals surface area contributed by atoms with Crippen LogP contribution in [0.3, 0.4) is 0 Å². The zero-order valence-electron chi connectivity index (χ0n) is 28.4. The van der Waals surface area contributed by atoms with Gasteiger partial charge in [0.2, 0.25) is 17.7 Å². The third kappa shape index (κ3) is 5.42. The lowest BCUT2D eigenvalue weighted by Gasteiger charge is -2.43. The van der Waals surface area contributed by atoms with Gasteiger partial charge in [0, 0.05) is 21.7 Å². The normalized spacial score (nSPS) is 25.4. The highest BCUT2D eigenvalue weighted by Crippen LogP contribution is 2.69. The van der Waals surface area contributed by atoms with Crippen LogP contribution in [0.1, 0.15) is 40.1 Å². The average molecular weight is 744 g/mol. The Balaban J connectivity index is 1.15. The molecule has 268 valence electrons. The van der Waals surface area contributed by atoms with Crippen molar-refractivity contribution < 1.29 is 37.8 Å². The summed E-state index contributed by atoms with van der Waals surface area (Å²) in [7, 11) is 3.11. The number of anilines is 2. The van der Waals surface area contributed by atoms with Gasteiger partial charge in [0.1, 0.15) is 12.4 Å². The predicted octanol–water partition coefficient (Wildman–Crippen LogP) is 5.56. The molecule has 3 amide bonds. The molecule has 2 bridgehead atoms. The Kier molecular flexibility index (Phi) is 8.69. The van der Waals surface area contributed by atoms with Crippen LogP contribution in [0.4, 0.5) is 15.8 Å². The first kappa shape index (κ1) is 34.2. The van der Waals surface area contributed by atoms with Crippen LogP contribution in [0.2, 0.25) is 0 Å². The number of esters is 1. The maximum absolute atomic E-state index is 14.1. The minimum Gasteiger partial charge on any atom is -0.493 e. The number of rotatable bonds is 9. The second-order valence-electron chi connectivity index (χ2n) is 13.3. The van der Waals surface area contributed by atoms with Gasteiger partial charge in [-0.1, -0.05) is 17.4 Å². The van der Waals surface area contributed by atoms with Gasteiger partial charge in [-0.3, -0.25) is 28.6 Å². The zero-order chi connectivity index (χ0) is 36.4. The number of fused-ring (bicyclic) bond motifs is 9. The molecule has 3 fully saturated rings. The van der Waals surface area contributed by atoms with Crippen LogP contribution in [0.5, 0.6) is 11.5 Å². The number of thioether (sulfide) groups is 1. The van der Waals surface area contributed by atoms with Gasteiger partial charge >= 0.3 is 10.8 Å². The molecule has 2 aliphatic carbocycles. The van der Waals surface area contributed by atoms with Crippen molar-refractivity contribution in [3.63, 3.8) is 0 Å². The molecule has 4 aromatic rings. The van der Waals surface area contributed by atoms with E-state index in [0.717, 1.165) is 21.8 Å². The molecule has 52 heavy (non-hydrogen) atoms. The zero-order valence-corrected chi connectivity index (χ0v) is 30.0. The number of benzene rings is 3. The smallest absolute Gasteiger partial charge is 0.338 e. The standard InChI is InChI=1S/C38H34FN3O8S2/c1-4-50-37(46)18-5-10-21(11-6-18)40-27(43)17-41-36-33(52-38(41)47)28(19-7-14-25(48-2)26(15-19)49-3)29-23-16-24(32(29)51-36)31-30(23)34(44)42(35(31)45)22-12-8-20(39)9-13-22/h5-15,23-24,28-32H,4,16-17H2,1-3H3,(H,40,43). The molecule has 3 aromatic carbocycles. The molecule has 8 rings (SSSR count). The van der Waals surface area contributed by atoms with E-state index in [1.54, 1.807) is 45.4 Å². The third-order valence-corrected chi connectivity index (χ3v) is 13.6. The lowest BCUT2D eigenvalue weighted by atomic mass is 9.68. The number of hydrogen-bond acceptors (Lipinski definition) is 10. The summed E-state index contributed by atoms with van der Waals surface area (Å²) in [4.78, 5) is 69.0. The summed E-state index contributed by atoms with van der Waals surface area (Å²) in [6, 6.07) is 17.4. The molecule has 2 aliphatic heterocycles. The molecule has 11 nitrogen and oxygen atoms in total. The van der Waals surface area contributed by atoms with Crippen molar-refractivity contribution in [2.24, 2.45) is 29.6 Å². The number of carbonyl (C=O) groups is 4. The number of amides is 3. The molecule has 4 aliphatic rings. The van der Waals surface area contributed by atoms with Crippen LogP contribution in [-0.4, -0.2) is 54.3 Å². The van der Waals surface area contributed by atoms with E-state index >= 15 is 0 Å². The van der Waals surface area contributed by atoms with E-state index < -0.39 is 29.5 Å². The fourth-order valence-electron chi connectivity index (χ4n) is 8.77. The summed E-state index contributed by atoms with van der Waals surface area (Å²) in [6.45, 7) is 1.72.